The van der Waals surface area contributed by atoms with E-state index in [0.717, 1.165) is 5.56 Å². The van der Waals surface area contributed by atoms with Gasteiger partial charge in [0.1, 0.15) is 5.75 Å². The largest absolute Gasteiger partial charge is 0.507 e. The second-order valence-corrected chi connectivity index (χ2v) is 4.78. The third-order valence-corrected chi connectivity index (χ3v) is 2.47. The van der Waals surface area contributed by atoms with Crippen molar-refractivity contribution in [3.05, 3.63) is 29.3 Å². The number of benzene rings is 1. The predicted octanol–water partition coefficient (Wildman–Crippen LogP) is 1.68. The van der Waals surface area contributed by atoms with Crippen molar-refractivity contribution in [2.45, 2.75) is 32.2 Å². The van der Waals surface area contributed by atoms with Crippen molar-refractivity contribution >= 4 is 0 Å². The zero-order chi connectivity index (χ0) is 11.6. The highest BCUT2D eigenvalue weighted by Crippen LogP contribution is 2.34. The molecule has 0 aliphatic heterocycles. The van der Waals surface area contributed by atoms with Crippen LogP contribution in [0.15, 0.2) is 18.2 Å². The molecular formula is C12H19NO2. The van der Waals surface area contributed by atoms with Gasteiger partial charge in [-0.25, -0.2) is 0 Å². The molecule has 0 aromatic heterocycles. The summed E-state index contributed by atoms with van der Waals surface area (Å²) < 4.78 is 0. The number of para-hydroxylation sites is 1. The van der Waals surface area contributed by atoms with Gasteiger partial charge in [-0.3, -0.25) is 0 Å². The fraction of sp³-hybridized carbons (Fsp3) is 0.500. The summed E-state index contributed by atoms with van der Waals surface area (Å²) in [6.45, 7) is 5.91. The Bertz CT molecular complexity index is 342. The van der Waals surface area contributed by atoms with Gasteiger partial charge in [-0.05, 0) is 11.0 Å². The minimum absolute atomic E-state index is 0.130. The lowest BCUT2D eigenvalue weighted by molar-refractivity contribution is 0.265. The molecule has 1 rings (SSSR count). The first kappa shape index (κ1) is 12.0. The molecule has 4 N–H and O–H groups in total. The van der Waals surface area contributed by atoms with Crippen LogP contribution in [-0.2, 0) is 5.41 Å². The van der Waals surface area contributed by atoms with Gasteiger partial charge in [-0.2, -0.15) is 0 Å². The van der Waals surface area contributed by atoms with Crippen molar-refractivity contribution in [3.8, 4) is 5.75 Å². The van der Waals surface area contributed by atoms with E-state index in [1.165, 1.54) is 0 Å². The fourth-order valence-corrected chi connectivity index (χ4v) is 1.56. The molecule has 1 aromatic rings. The standard InChI is InChI=1S/C12H19NO2/c1-12(2,3)9-6-4-5-8(11(9)15)10(13)7-14/h4-6,10,14-15H,7,13H2,1-3H3/t10-/m0/s1. The Hall–Kier alpha value is -1.06. The minimum atomic E-state index is -0.521. The van der Waals surface area contributed by atoms with Gasteiger partial charge in [0.2, 0.25) is 0 Å². The Morgan fingerprint density at radius 2 is 1.93 bits per heavy atom. The number of nitrogens with two attached hydrogens (primary N) is 1. The van der Waals surface area contributed by atoms with E-state index in [1.807, 2.05) is 32.9 Å². The van der Waals surface area contributed by atoms with E-state index in [0.29, 0.717) is 5.56 Å². The van der Waals surface area contributed by atoms with Crippen LogP contribution in [0, 0.1) is 0 Å². The molecule has 0 spiro atoms. The first-order valence-electron chi connectivity index (χ1n) is 5.06. The molecule has 0 unspecified atom stereocenters. The maximum atomic E-state index is 10.0. The summed E-state index contributed by atoms with van der Waals surface area (Å²) in [5, 5.41) is 19.0. The lowest BCUT2D eigenvalue weighted by Crippen LogP contribution is -2.17. The topological polar surface area (TPSA) is 66.5 Å². The van der Waals surface area contributed by atoms with Crippen LogP contribution < -0.4 is 5.73 Å². The molecule has 0 radical (unpaired) electrons. The maximum absolute atomic E-state index is 10.0. The van der Waals surface area contributed by atoms with Gasteiger partial charge in [0.15, 0.2) is 0 Å². The molecule has 0 saturated carbocycles. The molecule has 0 saturated heterocycles. The predicted molar refractivity (Wildman–Crippen MR) is 60.8 cm³/mol. The van der Waals surface area contributed by atoms with Gasteiger partial charge in [0.05, 0.1) is 12.6 Å². The van der Waals surface area contributed by atoms with E-state index in [4.69, 9.17) is 10.8 Å². The first-order valence-corrected chi connectivity index (χ1v) is 5.06. The van der Waals surface area contributed by atoms with Crippen molar-refractivity contribution in [1.82, 2.24) is 0 Å². The average molecular weight is 209 g/mol. The van der Waals surface area contributed by atoms with Crippen molar-refractivity contribution in [3.63, 3.8) is 0 Å². The quantitative estimate of drug-likeness (QED) is 0.694. The molecule has 0 aliphatic rings. The summed E-state index contributed by atoms with van der Waals surface area (Å²) in [5.74, 6) is 0.201. The van der Waals surface area contributed by atoms with E-state index in [9.17, 15) is 5.11 Å². The molecule has 0 heterocycles. The zero-order valence-corrected chi connectivity index (χ0v) is 9.49. The Kier molecular flexibility index (Phi) is 3.37. The Labute approximate surface area is 90.5 Å². The molecule has 1 aromatic carbocycles. The summed E-state index contributed by atoms with van der Waals surface area (Å²) >= 11 is 0. The van der Waals surface area contributed by atoms with Gasteiger partial charge in [-0.1, -0.05) is 39.0 Å². The van der Waals surface area contributed by atoms with Crippen LogP contribution in [0.1, 0.15) is 37.9 Å². The zero-order valence-electron chi connectivity index (χ0n) is 9.49. The molecule has 3 nitrogen and oxygen atoms in total. The normalized spacial score (nSPS) is 13.9. The van der Waals surface area contributed by atoms with E-state index in [-0.39, 0.29) is 17.8 Å². The number of phenolic OH excluding ortho intramolecular Hbond substituents is 1. The molecule has 0 aliphatic carbocycles. The average Bonchev–Trinajstić information content (AvgIpc) is 2.15. The van der Waals surface area contributed by atoms with Crippen molar-refractivity contribution in [2.75, 3.05) is 6.61 Å². The second kappa shape index (κ2) is 4.21. The molecule has 0 bridgehead atoms. The van der Waals surface area contributed by atoms with Crippen LogP contribution in [-0.4, -0.2) is 16.8 Å². The molecule has 84 valence electrons. The monoisotopic (exact) mass is 209 g/mol. The number of aliphatic hydroxyl groups excluding tert-OH is 1. The van der Waals surface area contributed by atoms with Crippen LogP contribution in [0.4, 0.5) is 0 Å². The lowest BCUT2D eigenvalue weighted by Gasteiger charge is -2.23. The van der Waals surface area contributed by atoms with E-state index >= 15 is 0 Å². The van der Waals surface area contributed by atoms with Crippen LogP contribution in [0.25, 0.3) is 0 Å². The van der Waals surface area contributed by atoms with Crippen molar-refractivity contribution in [2.24, 2.45) is 5.73 Å². The number of hydrogen-bond donors (Lipinski definition) is 3. The van der Waals surface area contributed by atoms with Gasteiger partial charge < -0.3 is 15.9 Å². The Balaban J connectivity index is 3.23. The van der Waals surface area contributed by atoms with Crippen molar-refractivity contribution in [1.29, 1.82) is 0 Å². The van der Waals surface area contributed by atoms with Crippen molar-refractivity contribution < 1.29 is 10.2 Å². The third kappa shape index (κ3) is 2.49. The van der Waals surface area contributed by atoms with Crippen LogP contribution in [0.5, 0.6) is 5.75 Å². The number of rotatable bonds is 2. The minimum Gasteiger partial charge on any atom is -0.507 e. The van der Waals surface area contributed by atoms with Crippen LogP contribution >= 0.6 is 0 Å². The number of aromatic hydroxyl groups is 1. The van der Waals surface area contributed by atoms with Gasteiger partial charge in [0, 0.05) is 5.56 Å². The Morgan fingerprint density at radius 3 is 2.40 bits per heavy atom. The van der Waals surface area contributed by atoms with E-state index < -0.39 is 6.04 Å². The molecular weight excluding hydrogens is 190 g/mol. The molecule has 3 heteroatoms. The van der Waals surface area contributed by atoms with Crippen LogP contribution in [0.2, 0.25) is 0 Å². The number of aliphatic hydroxyl groups is 1. The van der Waals surface area contributed by atoms with E-state index in [2.05, 4.69) is 0 Å². The summed E-state index contributed by atoms with van der Waals surface area (Å²) in [5.41, 5.74) is 7.02. The second-order valence-electron chi connectivity index (χ2n) is 4.78. The highest BCUT2D eigenvalue weighted by molar-refractivity contribution is 5.45. The SMILES string of the molecule is CC(C)(C)c1cccc([C@@H](N)CO)c1O. The highest BCUT2D eigenvalue weighted by atomic mass is 16.3. The number of hydrogen-bond acceptors (Lipinski definition) is 3. The smallest absolute Gasteiger partial charge is 0.124 e. The lowest BCUT2D eigenvalue weighted by atomic mass is 9.84. The summed E-state index contributed by atoms with van der Waals surface area (Å²) in [6.07, 6.45) is 0. The maximum Gasteiger partial charge on any atom is 0.124 e. The summed E-state index contributed by atoms with van der Waals surface area (Å²) in [4.78, 5) is 0. The molecule has 15 heavy (non-hydrogen) atoms. The third-order valence-electron chi connectivity index (χ3n) is 2.47. The van der Waals surface area contributed by atoms with Gasteiger partial charge in [0.25, 0.3) is 0 Å². The summed E-state index contributed by atoms with van der Waals surface area (Å²) in [7, 11) is 0. The molecule has 1 atom stereocenters. The van der Waals surface area contributed by atoms with Crippen LogP contribution in [0.3, 0.4) is 0 Å². The number of phenols is 1. The van der Waals surface area contributed by atoms with Gasteiger partial charge >= 0.3 is 0 Å². The molecule has 0 amide bonds. The fourth-order valence-electron chi connectivity index (χ4n) is 1.56. The Morgan fingerprint density at radius 1 is 1.33 bits per heavy atom. The van der Waals surface area contributed by atoms with Gasteiger partial charge in [-0.15, -0.1) is 0 Å². The van der Waals surface area contributed by atoms with E-state index in [1.54, 1.807) is 6.07 Å². The summed E-state index contributed by atoms with van der Waals surface area (Å²) in [6, 6.07) is 4.95. The first-order chi connectivity index (χ1) is 6.88. The highest BCUT2D eigenvalue weighted by Gasteiger charge is 2.21. The molecule has 0 fully saturated rings.